The Morgan fingerprint density at radius 3 is 2.50 bits per heavy atom. The molecular weight excluding hydrogens is 292 g/mol. The summed E-state index contributed by atoms with van der Waals surface area (Å²) in [4.78, 5) is 5.88. The van der Waals surface area contributed by atoms with Gasteiger partial charge in [0.2, 0.25) is 0 Å². The predicted octanol–water partition coefficient (Wildman–Crippen LogP) is 3.02. The van der Waals surface area contributed by atoms with Gasteiger partial charge in [-0.2, -0.15) is 0 Å². The molecular formula is C14H16N2O2S2. The third-order valence-electron chi connectivity index (χ3n) is 2.89. The zero-order chi connectivity index (χ0) is 14.7. The lowest BCUT2D eigenvalue weighted by molar-refractivity contribution is 0.355. The number of thiazole rings is 1. The third kappa shape index (κ3) is 2.76. The minimum Gasteiger partial charge on any atom is -0.493 e. The van der Waals surface area contributed by atoms with E-state index in [2.05, 4.69) is 4.98 Å². The lowest BCUT2D eigenvalue weighted by Crippen LogP contribution is -2.09. The molecule has 4 nitrogen and oxygen atoms in total. The first kappa shape index (κ1) is 14.7. The molecule has 0 bridgehead atoms. The summed E-state index contributed by atoms with van der Waals surface area (Å²) in [5.41, 5.74) is 7.64. The Hall–Kier alpha value is -1.66. The van der Waals surface area contributed by atoms with Crippen LogP contribution in [0.15, 0.2) is 18.2 Å². The van der Waals surface area contributed by atoms with Crippen molar-refractivity contribution in [3.63, 3.8) is 0 Å². The Morgan fingerprint density at radius 1 is 1.30 bits per heavy atom. The van der Waals surface area contributed by atoms with Crippen LogP contribution in [0.2, 0.25) is 0 Å². The fraction of sp³-hybridized carbons (Fsp3) is 0.286. The number of aromatic nitrogens is 1. The van der Waals surface area contributed by atoms with E-state index in [1.165, 1.54) is 11.3 Å². The van der Waals surface area contributed by atoms with Crippen LogP contribution in [0.5, 0.6) is 11.5 Å². The first-order valence-electron chi connectivity index (χ1n) is 6.12. The summed E-state index contributed by atoms with van der Waals surface area (Å²) in [6.45, 7) is 2.04. The highest BCUT2D eigenvalue weighted by atomic mass is 32.1. The van der Waals surface area contributed by atoms with Crippen LogP contribution >= 0.6 is 23.6 Å². The molecule has 0 aliphatic heterocycles. The lowest BCUT2D eigenvalue weighted by Gasteiger charge is -2.08. The maximum atomic E-state index is 5.74. The molecule has 0 spiro atoms. The zero-order valence-electron chi connectivity index (χ0n) is 11.6. The molecule has 0 amide bonds. The van der Waals surface area contributed by atoms with Crippen molar-refractivity contribution in [2.75, 3.05) is 14.2 Å². The van der Waals surface area contributed by atoms with E-state index in [0.717, 1.165) is 27.6 Å². The summed E-state index contributed by atoms with van der Waals surface area (Å²) in [7, 11) is 3.22. The van der Waals surface area contributed by atoms with Gasteiger partial charge in [-0.1, -0.05) is 19.1 Å². The van der Waals surface area contributed by atoms with E-state index in [9.17, 15) is 0 Å². The zero-order valence-corrected chi connectivity index (χ0v) is 13.2. The minimum absolute atomic E-state index is 0.395. The van der Waals surface area contributed by atoms with Crippen molar-refractivity contribution in [1.29, 1.82) is 0 Å². The summed E-state index contributed by atoms with van der Waals surface area (Å²) in [5.74, 6) is 1.37. The molecule has 0 radical (unpaired) electrons. The number of rotatable bonds is 5. The van der Waals surface area contributed by atoms with Gasteiger partial charge >= 0.3 is 0 Å². The van der Waals surface area contributed by atoms with Gasteiger partial charge in [-0.3, -0.25) is 0 Å². The van der Waals surface area contributed by atoms with Gasteiger partial charge in [-0.25, -0.2) is 4.98 Å². The minimum atomic E-state index is 0.395. The van der Waals surface area contributed by atoms with Crippen molar-refractivity contribution < 1.29 is 9.47 Å². The first-order valence-corrected chi connectivity index (χ1v) is 7.35. The highest BCUT2D eigenvalue weighted by Crippen LogP contribution is 2.35. The van der Waals surface area contributed by atoms with Crippen molar-refractivity contribution in [2.45, 2.75) is 13.3 Å². The van der Waals surface area contributed by atoms with Gasteiger partial charge < -0.3 is 15.2 Å². The van der Waals surface area contributed by atoms with Crippen LogP contribution in [-0.2, 0) is 6.42 Å². The smallest absolute Gasteiger partial charge is 0.161 e. The van der Waals surface area contributed by atoms with E-state index in [1.807, 2.05) is 25.1 Å². The van der Waals surface area contributed by atoms with Gasteiger partial charge in [0.15, 0.2) is 11.5 Å². The van der Waals surface area contributed by atoms with Gasteiger partial charge in [0.25, 0.3) is 0 Å². The molecule has 2 N–H and O–H groups in total. The number of ether oxygens (including phenoxy) is 2. The number of nitrogens with zero attached hydrogens (tertiary/aromatic N) is 1. The molecule has 0 atom stereocenters. The average molecular weight is 308 g/mol. The summed E-state index contributed by atoms with van der Waals surface area (Å²) in [6.07, 6.45) is 0.802. The summed E-state index contributed by atoms with van der Waals surface area (Å²) < 4.78 is 10.5. The van der Waals surface area contributed by atoms with Crippen molar-refractivity contribution in [3.8, 4) is 22.1 Å². The number of nitrogens with two attached hydrogens (primary N) is 1. The van der Waals surface area contributed by atoms with E-state index in [0.29, 0.717) is 16.5 Å². The number of methoxy groups -OCH3 is 2. The standard InChI is InChI=1S/C14H16N2O2S2/c1-4-9-12(13(15)19)20-14(16-9)8-5-6-10(17-2)11(7-8)18-3/h5-7H,4H2,1-3H3,(H2,15,19). The normalized spacial score (nSPS) is 10.3. The van der Waals surface area contributed by atoms with Crippen molar-refractivity contribution in [2.24, 2.45) is 5.73 Å². The molecule has 0 saturated heterocycles. The number of thiocarbonyl (C=S) groups is 1. The molecule has 0 fully saturated rings. The molecule has 106 valence electrons. The fourth-order valence-electron chi connectivity index (χ4n) is 1.88. The van der Waals surface area contributed by atoms with E-state index < -0.39 is 0 Å². The van der Waals surface area contributed by atoms with Crippen LogP contribution in [-0.4, -0.2) is 24.2 Å². The van der Waals surface area contributed by atoms with Crippen LogP contribution in [0.3, 0.4) is 0 Å². The molecule has 6 heteroatoms. The maximum absolute atomic E-state index is 5.74. The van der Waals surface area contributed by atoms with Crippen LogP contribution in [0.4, 0.5) is 0 Å². The van der Waals surface area contributed by atoms with Gasteiger partial charge in [0, 0.05) is 5.56 Å². The second-order valence-corrected chi connectivity index (χ2v) is 5.52. The Bertz CT molecular complexity index is 638. The van der Waals surface area contributed by atoms with Crippen LogP contribution in [0.25, 0.3) is 10.6 Å². The SMILES string of the molecule is CCc1nc(-c2ccc(OC)c(OC)c2)sc1C(N)=S. The van der Waals surface area contributed by atoms with Crippen molar-refractivity contribution in [1.82, 2.24) is 4.98 Å². The van der Waals surface area contributed by atoms with Gasteiger partial charge in [-0.15, -0.1) is 11.3 Å². The summed E-state index contributed by atoms with van der Waals surface area (Å²) >= 11 is 6.58. The molecule has 1 heterocycles. The summed E-state index contributed by atoms with van der Waals surface area (Å²) in [6, 6.07) is 5.71. The molecule has 2 rings (SSSR count). The van der Waals surface area contributed by atoms with Crippen molar-refractivity contribution in [3.05, 3.63) is 28.8 Å². The molecule has 0 saturated carbocycles. The molecule has 0 aliphatic rings. The third-order valence-corrected chi connectivity index (χ3v) is 4.40. The quantitative estimate of drug-likeness (QED) is 0.860. The van der Waals surface area contributed by atoms with Crippen LogP contribution in [0, 0.1) is 0 Å². The Balaban J connectivity index is 2.48. The van der Waals surface area contributed by atoms with Gasteiger partial charge in [0.1, 0.15) is 10.00 Å². The number of hydrogen-bond donors (Lipinski definition) is 1. The van der Waals surface area contributed by atoms with Gasteiger partial charge in [-0.05, 0) is 24.6 Å². The monoisotopic (exact) mass is 308 g/mol. The molecule has 2 aromatic rings. The highest BCUT2D eigenvalue weighted by Gasteiger charge is 2.14. The number of hydrogen-bond acceptors (Lipinski definition) is 5. The van der Waals surface area contributed by atoms with Gasteiger partial charge in [0.05, 0.1) is 24.8 Å². The summed E-state index contributed by atoms with van der Waals surface area (Å²) in [5, 5.41) is 0.880. The van der Waals surface area contributed by atoms with Crippen molar-refractivity contribution >= 4 is 28.5 Å². The highest BCUT2D eigenvalue weighted by molar-refractivity contribution is 7.81. The predicted molar refractivity (Wildman–Crippen MR) is 85.9 cm³/mol. The largest absolute Gasteiger partial charge is 0.493 e. The van der Waals surface area contributed by atoms with E-state index >= 15 is 0 Å². The number of aryl methyl sites for hydroxylation is 1. The van der Waals surface area contributed by atoms with Crippen LogP contribution in [0.1, 0.15) is 17.5 Å². The second kappa shape index (κ2) is 6.19. The Kier molecular flexibility index (Phi) is 4.57. The first-order chi connectivity index (χ1) is 9.60. The Labute approximate surface area is 127 Å². The average Bonchev–Trinajstić information content (AvgIpc) is 2.91. The molecule has 0 unspecified atom stereocenters. The van der Waals surface area contributed by atoms with Crippen LogP contribution < -0.4 is 15.2 Å². The topological polar surface area (TPSA) is 57.4 Å². The molecule has 1 aromatic carbocycles. The fourth-order valence-corrected chi connectivity index (χ4v) is 3.12. The lowest BCUT2D eigenvalue weighted by atomic mass is 10.2. The molecule has 0 aliphatic carbocycles. The van der Waals surface area contributed by atoms with E-state index in [1.54, 1.807) is 14.2 Å². The van der Waals surface area contributed by atoms with E-state index in [4.69, 9.17) is 27.4 Å². The molecule has 1 aromatic heterocycles. The second-order valence-electron chi connectivity index (χ2n) is 4.08. The maximum Gasteiger partial charge on any atom is 0.161 e. The molecule has 20 heavy (non-hydrogen) atoms. The number of benzene rings is 1. The Morgan fingerprint density at radius 2 is 2.00 bits per heavy atom. The van der Waals surface area contributed by atoms with E-state index in [-0.39, 0.29) is 0 Å².